The molecule has 1 unspecified atom stereocenters. The molecule has 3 aromatic rings. The first-order valence-corrected chi connectivity index (χ1v) is 10.5. The average molecular weight is 489 g/mol. The predicted molar refractivity (Wildman–Crippen MR) is 116 cm³/mol. The van der Waals surface area contributed by atoms with Crippen molar-refractivity contribution in [2.75, 3.05) is 6.61 Å². The van der Waals surface area contributed by atoms with Crippen molar-refractivity contribution in [2.24, 2.45) is 0 Å². The molecule has 1 aliphatic carbocycles. The molecule has 3 aromatic carbocycles. The lowest BCUT2D eigenvalue weighted by Gasteiger charge is -2.18. The minimum Gasteiger partial charge on any atom is -0.480 e. The molecule has 0 aromatic heterocycles. The van der Waals surface area contributed by atoms with Gasteiger partial charge in [0, 0.05) is 12.3 Å². The van der Waals surface area contributed by atoms with Crippen LogP contribution < -0.4 is 10.1 Å². The maximum absolute atomic E-state index is 13.6. The van der Waals surface area contributed by atoms with Crippen LogP contribution in [0.15, 0.2) is 66.7 Å². The molecule has 182 valence electrons. The third-order valence-corrected chi connectivity index (χ3v) is 5.59. The Morgan fingerprint density at radius 1 is 0.971 bits per heavy atom. The van der Waals surface area contributed by atoms with E-state index in [9.17, 15) is 32.3 Å². The first kappa shape index (κ1) is 24.1. The van der Waals surface area contributed by atoms with Crippen LogP contribution in [-0.2, 0) is 16.0 Å². The molecule has 0 radical (unpaired) electrons. The fourth-order valence-electron chi connectivity index (χ4n) is 4.10. The lowest BCUT2D eigenvalue weighted by Crippen LogP contribution is -2.42. The number of alkyl halides is 3. The number of hydrogen-bond donors (Lipinski definition) is 2. The van der Waals surface area contributed by atoms with Gasteiger partial charge in [0.25, 0.3) is 0 Å². The van der Waals surface area contributed by atoms with Crippen LogP contribution in [0, 0.1) is 5.82 Å². The van der Waals surface area contributed by atoms with Gasteiger partial charge in [0.1, 0.15) is 12.6 Å². The molecule has 2 N–H and O–H groups in total. The Hall–Kier alpha value is -4.08. The molecule has 4 rings (SSSR count). The molecule has 0 spiro atoms. The summed E-state index contributed by atoms with van der Waals surface area (Å²) in [6.45, 7) is -0.0493. The lowest BCUT2D eigenvalue weighted by molar-refractivity contribution is -0.275. The van der Waals surface area contributed by atoms with Gasteiger partial charge in [-0.05, 0) is 39.9 Å². The summed E-state index contributed by atoms with van der Waals surface area (Å²) in [4.78, 5) is 24.1. The number of nitrogens with one attached hydrogen (secondary N) is 1. The Kier molecular flexibility index (Phi) is 6.63. The van der Waals surface area contributed by atoms with Crippen molar-refractivity contribution in [1.82, 2.24) is 5.32 Å². The van der Waals surface area contributed by atoms with Crippen LogP contribution in [0.4, 0.5) is 22.4 Å². The van der Waals surface area contributed by atoms with E-state index in [0.29, 0.717) is 0 Å². The summed E-state index contributed by atoms with van der Waals surface area (Å²) in [5.41, 5.74) is 4.00. The van der Waals surface area contributed by atoms with Crippen molar-refractivity contribution in [3.8, 4) is 16.9 Å². The van der Waals surface area contributed by atoms with Gasteiger partial charge in [-0.2, -0.15) is 0 Å². The van der Waals surface area contributed by atoms with Crippen molar-refractivity contribution in [2.45, 2.75) is 24.7 Å². The fraction of sp³-hybridized carbons (Fsp3) is 0.200. The third kappa shape index (κ3) is 5.53. The summed E-state index contributed by atoms with van der Waals surface area (Å²) in [6, 6.07) is 16.4. The molecule has 10 heteroatoms. The highest BCUT2D eigenvalue weighted by Crippen LogP contribution is 2.44. The van der Waals surface area contributed by atoms with Gasteiger partial charge in [0.15, 0.2) is 11.6 Å². The van der Waals surface area contributed by atoms with Gasteiger partial charge in [0.05, 0.1) is 0 Å². The SMILES string of the molecule is O=C(NC(Cc1ccc(F)c(OC(F)(F)F)c1)C(=O)O)OCC1c2ccccc2-c2ccccc21. The fourth-order valence-corrected chi connectivity index (χ4v) is 4.10. The number of fused-ring (bicyclic) bond motifs is 3. The molecule has 0 saturated carbocycles. The normalized spacial score (nSPS) is 13.5. The van der Waals surface area contributed by atoms with Gasteiger partial charge in [-0.1, -0.05) is 54.6 Å². The van der Waals surface area contributed by atoms with Crippen LogP contribution in [0.5, 0.6) is 5.75 Å². The molecule has 1 atom stereocenters. The van der Waals surface area contributed by atoms with E-state index in [-0.39, 0.29) is 18.1 Å². The molecule has 0 heterocycles. The molecule has 0 aliphatic heterocycles. The Morgan fingerprint density at radius 3 is 2.14 bits per heavy atom. The van der Waals surface area contributed by atoms with Crippen LogP contribution >= 0.6 is 0 Å². The minimum absolute atomic E-state index is 0.0111. The van der Waals surface area contributed by atoms with Crippen molar-refractivity contribution in [1.29, 1.82) is 0 Å². The van der Waals surface area contributed by atoms with Crippen LogP contribution in [-0.4, -0.2) is 36.2 Å². The van der Waals surface area contributed by atoms with E-state index in [0.717, 1.165) is 40.5 Å². The smallest absolute Gasteiger partial charge is 0.480 e. The maximum Gasteiger partial charge on any atom is 0.573 e. The van der Waals surface area contributed by atoms with Crippen molar-refractivity contribution in [3.63, 3.8) is 0 Å². The van der Waals surface area contributed by atoms with Crippen LogP contribution in [0.1, 0.15) is 22.6 Å². The van der Waals surface area contributed by atoms with Gasteiger partial charge < -0.3 is 19.9 Å². The van der Waals surface area contributed by atoms with E-state index in [1.165, 1.54) is 0 Å². The van der Waals surface area contributed by atoms with Crippen molar-refractivity contribution in [3.05, 3.63) is 89.2 Å². The van der Waals surface area contributed by atoms with E-state index < -0.39 is 42.5 Å². The van der Waals surface area contributed by atoms with Crippen molar-refractivity contribution < 1.29 is 41.7 Å². The maximum atomic E-state index is 13.6. The molecule has 6 nitrogen and oxygen atoms in total. The number of alkyl carbamates (subject to hydrolysis) is 1. The van der Waals surface area contributed by atoms with E-state index in [1.807, 2.05) is 48.5 Å². The first-order valence-electron chi connectivity index (χ1n) is 10.5. The molecule has 0 bridgehead atoms. The first-order chi connectivity index (χ1) is 16.6. The summed E-state index contributed by atoms with van der Waals surface area (Å²) in [7, 11) is 0. The zero-order valence-corrected chi connectivity index (χ0v) is 18.0. The standard InChI is InChI=1S/C25H19F4NO5/c26-20-10-9-14(12-22(20)35-25(27,28)29)11-21(23(31)32)30-24(33)34-13-19-17-7-3-1-5-15(17)16-6-2-4-8-18(16)19/h1-10,12,19,21H,11,13H2,(H,30,33)(H,31,32). The number of benzene rings is 3. The van der Waals surface area contributed by atoms with Gasteiger partial charge in [-0.25, -0.2) is 14.0 Å². The van der Waals surface area contributed by atoms with E-state index in [4.69, 9.17) is 4.74 Å². The van der Waals surface area contributed by atoms with Gasteiger partial charge in [-0.3, -0.25) is 0 Å². The zero-order chi connectivity index (χ0) is 25.2. The minimum atomic E-state index is -5.12. The summed E-state index contributed by atoms with van der Waals surface area (Å²) in [5.74, 6) is -4.04. The molecule has 0 saturated heterocycles. The van der Waals surface area contributed by atoms with Gasteiger partial charge in [0.2, 0.25) is 0 Å². The van der Waals surface area contributed by atoms with Crippen LogP contribution in [0.25, 0.3) is 11.1 Å². The largest absolute Gasteiger partial charge is 0.573 e. The van der Waals surface area contributed by atoms with Crippen LogP contribution in [0.3, 0.4) is 0 Å². The Balaban J connectivity index is 1.43. The second kappa shape index (κ2) is 9.65. The number of carboxylic acids is 1. The number of ether oxygens (including phenoxy) is 2. The summed E-state index contributed by atoms with van der Waals surface area (Å²) >= 11 is 0. The zero-order valence-electron chi connectivity index (χ0n) is 18.0. The molecular weight excluding hydrogens is 470 g/mol. The van der Waals surface area contributed by atoms with E-state index in [1.54, 1.807) is 0 Å². The van der Waals surface area contributed by atoms with Crippen LogP contribution in [0.2, 0.25) is 0 Å². The number of rotatable bonds is 7. The second-order valence-electron chi connectivity index (χ2n) is 7.88. The molecular formula is C25H19F4NO5. The number of aliphatic carboxylic acids is 1. The second-order valence-corrected chi connectivity index (χ2v) is 7.88. The summed E-state index contributed by atoms with van der Waals surface area (Å²) < 4.78 is 59.9. The number of amides is 1. The topological polar surface area (TPSA) is 84.9 Å². The lowest BCUT2D eigenvalue weighted by atomic mass is 9.98. The monoisotopic (exact) mass is 489 g/mol. The van der Waals surface area contributed by atoms with Gasteiger partial charge in [-0.15, -0.1) is 13.2 Å². The number of hydrogen-bond acceptors (Lipinski definition) is 4. The van der Waals surface area contributed by atoms with Crippen molar-refractivity contribution >= 4 is 12.1 Å². The average Bonchev–Trinajstić information content (AvgIpc) is 3.12. The summed E-state index contributed by atoms with van der Waals surface area (Å²) in [6.07, 6.45) is -6.55. The predicted octanol–water partition coefficient (Wildman–Crippen LogP) is 5.26. The summed E-state index contributed by atoms with van der Waals surface area (Å²) in [5, 5.41) is 11.7. The van der Waals surface area contributed by atoms with Gasteiger partial charge >= 0.3 is 18.4 Å². The Bertz CT molecular complexity index is 1220. The number of carboxylic acid groups (broad SMARTS) is 1. The number of carbonyl (C=O) groups is 2. The van der Waals surface area contributed by atoms with E-state index in [2.05, 4.69) is 10.1 Å². The Morgan fingerprint density at radius 2 is 1.57 bits per heavy atom. The number of halogens is 4. The third-order valence-electron chi connectivity index (χ3n) is 5.59. The Labute approximate surface area is 197 Å². The number of carbonyl (C=O) groups excluding carboxylic acids is 1. The highest BCUT2D eigenvalue weighted by molar-refractivity contribution is 5.81. The molecule has 1 amide bonds. The molecule has 1 aliphatic rings. The quantitative estimate of drug-likeness (QED) is 0.443. The highest BCUT2D eigenvalue weighted by atomic mass is 19.4. The van der Waals surface area contributed by atoms with E-state index >= 15 is 0 Å². The molecule has 35 heavy (non-hydrogen) atoms. The highest BCUT2D eigenvalue weighted by Gasteiger charge is 2.33. The molecule has 0 fully saturated rings.